The Balaban J connectivity index is 3.02. The predicted molar refractivity (Wildman–Crippen MR) is 55.3 cm³/mol. The van der Waals surface area contributed by atoms with E-state index in [-0.39, 0.29) is 12.2 Å². The molecule has 1 aromatic rings. The van der Waals surface area contributed by atoms with E-state index in [0.717, 1.165) is 0 Å². The molecule has 0 aliphatic carbocycles. The zero-order valence-electron chi connectivity index (χ0n) is 7.17. The second-order valence-corrected chi connectivity index (χ2v) is 3.36. The Bertz CT molecular complexity index is 346. The highest BCUT2D eigenvalue weighted by molar-refractivity contribution is 9.10. The number of hydrogen-bond donors (Lipinski definition) is 1. The van der Waals surface area contributed by atoms with Crippen LogP contribution in [0.4, 0.5) is 15.8 Å². The van der Waals surface area contributed by atoms with Crippen molar-refractivity contribution in [3.05, 3.63) is 32.8 Å². The van der Waals surface area contributed by atoms with Gasteiger partial charge in [-0.1, -0.05) is 6.07 Å². The lowest BCUT2D eigenvalue weighted by atomic mass is 10.2. The fourth-order valence-corrected chi connectivity index (χ4v) is 1.51. The Morgan fingerprint density at radius 2 is 2.29 bits per heavy atom. The van der Waals surface area contributed by atoms with Gasteiger partial charge in [0.1, 0.15) is 12.4 Å². The number of nitrogens with one attached hydrogen (secondary N) is 1. The number of nitrogens with zero attached hydrogens (tertiary/aromatic N) is 1. The van der Waals surface area contributed by atoms with Crippen LogP contribution in [-0.2, 0) is 0 Å². The lowest BCUT2D eigenvalue weighted by molar-refractivity contribution is -0.384. The van der Waals surface area contributed by atoms with Crippen LogP contribution < -0.4 is 5.32 Å². The van der Waals surface area contributed by atoms with Crippen molar-refractivity contribution in [3.8, 4) is 0 Å². The molecule has 0 unspecified atom stereocenters. The van der Waals surface area contributed by atoms with Crippen molar-refractivity contribution < 1.29 is 9.31 Å². The lowest BCUT2D eigenvalue weighted by Crippen LogP contribution is -2.06. The summed E-state index contributed by atoms with van der Waals surface area (Å²) in [6.07, 6.45) is 0. The molecule has 0 saturated heterocycles. The van der Waals surface area contributed by atoms with E-state index in [0.29, 0.717) is 10.2 Å². The third-order valence-electron chi connectivity index (χ3n) is 1.58. The fourth-order valence-electron chi connectivity index (χ4n) is 1.01. The van der Waals surface area contributed by atoms with Gasteiger partial charge in [0.2, 0.25) is 0 Å². The molecular weight excluding hydrogens is 255 g/mol. The smallest absolute Gasteiger partial charge is 0.293 e. The Morgan fingerprint density at radius 1 is 1.57 bits per heavy atom. The van der Waals surface area contributed by atoms with E-state index >= 15 is 0 Å². The number of anilines is 1. The molecule has 0 aliphatic heterocycles. The summed E-state index contributed by atoms with van der Waals surface area (Å²) in [5, 5.41) is 13.2. The van der Waals surface area contributed by atoms with Gasteiger partial charge in [0.25, 0.3) is 5.69 Å². The summed E-state index contributed by atoms with van der Waals surface area (Å²) < 4.78 is 12.5. The van der Waals surface area contributed by atoms with Crippen LogP contribution in [0.15, 0.2) is 22.7 Å². The molecule has 0 bridgehead atoms. The molecule has 0 amide bonds. The third-order valence-corrected chi connectivity index (χ3v) is 2.25. The molecule has 0 atom stereocenters. The molecule has 4 nitrogen and oxygen atoms in total. The molecule has 0 spiro atoms. The van der Waals surface area contributed by atoms with E-state index in [1.54, 1.807) is 12.1 Å². The average molecular weight is 263 g/mol. The lowest BCUT2D eigenvalue weighted by Gasteiger charge is -2.06. The van der Waals surface area contributed by atoms with Gasteiger partial charge in [-0.15, -0.1) is 0 Å². The summed E-state index contributed by atoms with van der Waals surface area (Å²) in [4.78, 5) is 10.1. The predicted octanol–water partition coefficient (Wildman–Crippen LogP) is 2.74. The van der Waals surface area contributed by atoms with Gasteiger partial charge in [-0.05, 0) is 22.0 Å². The molecule has 1 rings (SSSR count). The first-order chi connectivity index (χ1) is 6.66. The Hall–Kier alpha value is -1.17. The van der Waals surface area contributed by atoms with Crippen molar-refractivity contribution >= 4 is 27.3 Å². The summed E-state index contributed by atoms with van der Waals surface area (Å²) >= 11 is 3.16. The van der Waals surface area contributed by atoms with Gasteiger partial charge in [0.15, 0.2) is 0 Å². The molecule has 0 heterocycles. The standard InChI is InChI=1S/C8H8BrFN2O2/c9-6-2-1-3-7(12(13)14)8(6)11-5-4-10/h1-3,11H,4-5H2. The van der Waals surface area contributed by atoms with Crippen LogP contribution >= 0.6 is 15.9 Å². The number of nitro benzene ring substituents is 1. The average Bonchev–Trinajstić information content (AvgIpc) is 2.15. The molecule has 6 heteroatoms. The second kappa shape index (κ2) is 4.90. The van der Waals surface area contributed by atoms with Gasteiger partial charge in [-0.2, -0.15) is 0 Å². The Morgan fingerprint density at radius 3 is 2.86 bits per heavy atom. The summed E-state index contributed by atoms with van der Waals surface area (Å²) in [5.41, 5.74) is 0.253. The number of rotatable bonds is 4. The number of alkyl halides is 1. The van der Waals surface area contributed by atoms with E-state index in [2.05, 4.69) is 21.2 Å². The van der Waals surface area contributed by atoms with Crippen molar-refractivity contribution in [2.45, 2.75) is 0 Å². The summed E-state index contributed by atoms with van der Waals surface area (Å²) in [6, 6.07) is 4.59. The van der Waals surface area contributed by atoms with E-state index in [1.807, 2.05) is 0 Å². The zero-order chi connectivity index (χ0) is 10.6. The van der Waals surface area contributed by atoms with E-state index in [1.165, 1.54) is 6.07 Å². The summed E-state index contributed by atoms with van der Waals surface area (Å²) in [7, 11) is 0. The van der Waals surface area contributed by atoms with Gasteiger partial charge in [-0.25, -0.2) is 4.39 Å². The monoisotopic (exact) mass is 262 g/mol. The SMILES string of the molecule is O=[N+]([O-])c1cccc(Br)c1NCCF. The van der Waals surface area contributed by atoms with Crippen LogP contribution in [0, 0.1) is 10.1 Å². The molecule has 1 N–H and O–H groups in total. The highest BCUT2D eigenvalue weighted by atomic mass is 79.9. The van der Waals surface area contributed by atoms with Crippen molar-refractivity contribution in [1.29, 1.82) is 0 Å². The first kappa shape index (κ1) is 10.9. The van der Waals surface area contributed by atoms with E-state index in [4.69, 9.17) is 0 Å². The summed E-state index contributed by atoms with van der Waals surface area (Å²) in [5.74, 6) is 0. The first-order valence-corrected chi connectivity index (χ1v) is 4.69. The van der Waals surface area contributed by atoms with E-state index < -0.39 is 11.6 Å². The van der Waals surface area contributed by atoms with E-state index in [9.17, 15) is 14.5 Å². The normalized spacial score (nSPS) is 9.86. The van der Waals surface area contributed by atoms with Crippen LogP contribution in [0.3, 0.4) is 0 Å². The maximum Gasteiger partial charge on any atom is 0.293 e. The maximum absolute atomic E-state index is 11.9. The molecular formula is C8H8BrFN2O2. The van der Waals surface area contributed by atoms with Crippen molar-refractivity contribution in [2.75, 3.05) is 18.5 Å². The molecule has 14 heavy (non-hydrogen) atoms. The van der Waals surface area contributed by atoms with Crippen LogP contribution in [0.2, 0.25) is 0 Å². The Labute approximate surface area is 88.4 Å². The molecule has 0 saturated carbocycles. The largest absolute Gasteiger partial charge is 0.376 e. The third kappa shape index (κ3) is 2.41. The van der Waals surface area contributed by atoms with Gasteiger partial charge in [0.05, 0.1) is 4.92 Å². The number of nitro groups is 1. The molecule has 0 aromatic heterocycles. The number of hydrogen-bond acceptors (Lipinski definition) is 3. The number of para-hydroxylation sites is 1. The second-order valence-electron chi connectivity index (χ2n) is 2.51. The quantitative estimate of drug-likeness (QED) is 0.671. The van der Waals surface area contributed by atoms with Gasteiger partial charge < -0.3 is 5.32 Å². The van der Waals surface area contributed by atoms with Crippen LogP contribution in [0.1, 0.15) is 0 Å². The van der Waals surface area contributed by atoms with Crippen LogP contribution in [0.5, 0.6) is 0 Å². The molecule has 76 valence electrons. The molecule has 0 aliphatic rings. The summed E-state index contributed by atoms with van der Waals surface area (Å²) in [6.45, 7) is -0.512. The highest BCUT2D eigenvalue weighted by Gasteiger charge is 2.15. The number of benzene rings is 1. The van der Waals surface area contributed by atoms with Gasteiger partial charge >= 0.3 is 0 Å². The topological polar surface area (TPSA) is 55.2 Å². The minimum atomic E-state index is -0.571. The number of halogens is 2. The zero-order valence-corrected chi connectivity index (χ0v) is 8.75. The molecule has 0 fully saturated rings. The van der Waals surface area contributed by atoms with Crippen LogP contribution in [0.25, 0.3) is 0 Å². The first-order valence-electron chi connectivity index (χ1n) is 3.89. The van der Waals surface area contributed by atoms with Gasteiger partial charge in [-0.3, -0.25) is 10.1 Å². The van der Waals surface area contributed by atoms with Crippen molar-refractivity contribution in [3.63, 3.8) is 0 Å². The maximum atomic E-state index is 11.9. The fraction of sp³-hybridized carbons (Fsp3) is 0.250. The molecule has 1 aromatic carbocycles. The molecule has 0 radical (unpaired) electrons. The van der Waals surface area contributed by atoms with Crippen LogP contribution in [-0.4, -0.2) is 18.1 Å². The minimum absolute atomic E-state index is 0.0590. The van der Waals surface area contributed by atoms with Gasteiger partial charge in [0, 0.05) is 17.1 Å². The van der Waals surface area contributed by atoms with Crippen molar-refractivity contribution in [2.24, 2.45) is 0 Å². The Kier molecular flexibility index (Phi) is 3.82. The highest BCUT2D eigenvalue weighted by Crippen LogP contribution is 2.31. The van der Waals surface area contributed by atoms with Crippen molar-refractivity contribution in [1.82, 2.24) is 0 Å². The minimum Gasteiger partial charge on any atom is -0.376 e.